The molecule has 0 spiro atoms. The van der Waals surface area contributed by atoms with Crippen LogP contribution in [0.15, 0.2) is 12.7 Å². The fourth-order valence-electron chi connectivity index (χ4n) is 1.59. The zero-order valence-electron chi connectivity index (χ0n) is 8.61. The van der Waals surface area contributed by atoms with Crippen LogP contribution in [0.1, 0.15) is 12.8 Å². The van der Waals surface area contributed by atoms with Crippen LogP contribution in [-0.2, 0) is 9.59 Å². The molecule has 1 heterocycles. The number of aliphatic hydroxyl groups excluding tert-OH is 1. The highest BCUT2D eigenvalue weighted by atomic mass is 16.3. The summed E-state index contributed by atoms with van der Waals surface area (Å²) in [5, 5.41) is 11.4. The number of rotatable bonds is 5. The standard InChI is InChI=1S/C10H16N2O3/c1-2-5-12(6-7-13)10(15)8-3-4-9(14)11-8/h2,8,13H,1,3-7H2,(H,11,14)/t8-/m1/s1. The molecular weight excluding hydrogens is 196 g/mol. The third kappa shape index (κ3) is 3.06. The Morgan fingerprint density at radius 1 is 1.73 bits per heavy atom. The smallest absolute Gasteiger partial charge is 0.245 e. The average Bonchev–Trinajstić information content (AvgIpc) is 2.63. The molecule has 84 valence electrons. The largest absolute Gasteiger partial charge is 0.395 e. The van der Waals surface area contributed by atoms with E-state index in [1.165, 1.54) is 4.90 Å². The fourth-order valence-corrected chi connectivity index (χ4v) is 1.59. The summed E-state index contributed by atoms with van der Waals surface area (Å²) in [7, 11) is 0. The van der Waals surface area contributed by atoms with Gasteiger partial charge in [-0.1, -0.05) is 6.08 Å². The normalized spacial score (nSPS) is 19.8. The lowest BCUT2D eigenvalue weighted by Crippen LogP contribution is -2.45. The Kier molecular flexibility index (Phi) is 4.30. The first-order chi connectivity index (χ1) is 7.19. The average molecular weight is 212 g/mol. The monoisotopic (exact) mass is 212 g/mol. The van der Waals surface area contributed by atoms with E-state index in [1.54, 1.807) is 6.08 Å². The SMILES string of the molecule is C=CCN(CCO)C(=O)[C@H]1CCC(=O)N1. The van der Waals surface area contributed by atoms with E-state index < -0.39 is 6.04 Å². The summed E-state index contributed by atoms with van der Waals surface area (Å²) in [4.78, 5) is 24.3. The van der Waals surface area contributed by atoms with Gasteiger partial charge in [-0.2, -0.15) is 0 Å². The molecule has 0 aromatic carbocycles. The van der Waals surface area contributed by atoms with Gasteiger partial charge in [-0.05, 0) is 6.42 Å². The summed E-state index contributed by atoms with van der Waals surface area (Å²) in [6.07, 6.45) is 2.54. The van der Waals surface area contributed by atoms with E-state index in [0.29, 0.717) is 19.4 Å². The Balaban J connectivity index is 2.54. The van der Waals surface area contributed by atoms with E-state index >= 15 is 0 Å². The van der Waals surface area contributed by atoms with Crippen molar-refractivity contribution < 1.29 is 14.7 Å². The Morgan fingerprint density at radius 3 is 2.93 bits per heavy atom. The van der Waals surface area contributed by atoms with Gasteiger partial charge in [0.25, 0.3) is 0 Å². The van der Waals surface area contributed by atoms with Crippen LogP contribution in [0.4, 0.5) is 0 Å². The predicted molar refractivity (Wildman–Crippen MR) is 55.0 cm³/mol. The molecule has 0 aromatic rings. The van der Waals surface area contributed by atoms with Crippen molar-refractivity contribution in [3.63, 3.8) is 0 Å². The van der Waals surface area contributed by atoms with Gasteiger partial charge in [-0.15, -0.1) is 6.58 Å². The van der Waals surface area contributed by atoms with Gasteiger partial charge in [0, 0.05) is 19.5 Å². The highest BCUT2D eigenvalue weighted by molar-refractivity contribution is 5.90. The first-order valence-electron chi connectivity index (χ1n) is 4.99. The Hall–Kier alpha value is -1.36. The van der Waals surface area contributed by atoms with Crippen LogP contribution in [0.25, 0.3) is 0 Å². The van der Waals surface area contributed by atoms with Crippen molar-refractivity contribution in [1.82, 2.24) is 10.2 Å². The summed E-state index contributed by atoms with van der Waals surface area (Å²) in [6.45, 7) is 4.13. The predicted octanol–water partition coefficient (Wildman–Crippen LogP) is -0.728. The van der Waals surface area contributed by atoms with Crippen LogP contribution >= 0.6 is 0 Å². The lowest BCUT2D eigenvalue weighted by molar-refractivity contribution is -0.134. The summed E-state index contributed by atoms with van der Waals surface area (Å²) < 4.78 is 0. The summed E-state index contributed by atoms with van der Waals surface area (Å²) >= 11 is 0. The van der Waals surface area contributed by atoms with Gasteiger partial charge in [0.15, 0.2) is 0 Å². The molecule has 5 heteroatoms. The number of hydrogen-bond acceptors (Lipinski definition) is 3. The van der Waals surface area contributed by atoms with Crippen molar-refractivity contribution in [2.45, 2.75) is 18.9 Å². The molecule has 1 atom stereocenters. The number of amides is 2. The molecule has 2 amide bonds. The highest BCUT2D eigenvalue weighted by Gasteiger charge is 2.29. The van der Waals surface area contributed by atoms with E-state index in [-0.39, 0.29) is 25.0 Å². The maximum Gasteiger partial charge on any atom is 0.245 e. The Bertz CT molecular complexity index is 265. The number of carbonyl (C=O) groups is 2. The van der Waals surface area contributed by atoms with Gasteiger partial charge in [0.1, 0.15) is 6.04 Å². The summed E-state index contributed by atoms with van der Waals surface area (Å²) in [5.74, 6) is -0.231. The Labute approximate surface area is 88.8 Å². The lowest BCUT2D eigenvalue weighted by Gasteiger charge is -2.23. The number of hydrogen-bond donors (Lipinski definition) is 2. The molecule has 5 nitrogen and oxygen atoms in total. The molecule has 1 fully saturated rings. The minimum Gasteiger partial charge on any atom is -0.395 e. The quantitative estimate of drug-likeness (QED) is 0.590. The molecular formula is C10H16N2O3. The third-order valence-electron chi connectivity index (χ3n) is 2.32. The van der Waals surface area contributed by atoms with Gasteiger partial charge in [0.2, 0.25) is 11.8 Å². The van der Waals surface area contributed by atoms with E-state index in [1.807, 2.05) is 0 Å². The van der Waals surface area contributed by atoms with Gasteiger partial charge in [-0.25, -0.2) is 0 Å². The minimum absolute atomic E-state index is 0.0831. The van der Waals surface area contributed by atoms with Crippen molar-refractivity contribution in [3.8, 4) is 0 Å². The van der Waals surface area contributed by atoms with Crippen molar-refractivity contribution in [2.24, 2.45) is 0 Å². The van der Waals surface area contributed by atoms with Crippen LogP contribution in [0, 0.1) is 0 Å². The maximum absolute atomic E-state index is 11.8. The maximum atomic E-state index is 11.8. The topological polar surface area (TPSA) is 69.6 Å². The van der Waals surface area contributed by atoms with E-state index in [4.69, 9.17) is 5.11 Å². The van der Waals surface area contributed by atoms with Crippen LogP contribution in [-0.4, -0.2) is 47.6 Å². The molecule has 2 N–H and O–H groups in total. The molecule has 0 unspecified atom stereocenters. The van der Waals surface area contributed by atoms with Crippen LogP contribution in [0.2, 0.25) is 0 Å². The number of aliphatic hydroxyl groups is 1. The van der Waals surface area contributed by atoms with Crippen molar-refractivity contribution in [2.75, 3.05) is 19.7 Å². The van der Waals surface area contributed by atoms with Crippen molar-refractivity contribution in [1.29, 1.82) is 0 Å². The van der Waals surface area contributed by atoms with E-state index in [2.05, 4.69) is 11.9 Å². The molecule has 0 aromatic heterocycles. The summed E-state index contributed by atoms with van der Waals surface area (Å²) in [6, 6.07) is -0.427. The first kappa shape index (κ1) is 11.7. The van der Waals surface area contributed by atoms with Crippen LogP contribution < -0.4 is 5.32 Å². The zero-order chi connectivity index (χ0) is 11.3. The van der Waals surface area contributed by atoms with Gasteiger partial charge in [-0.3, -0.25) is 9.59 Å². The third-order valence-corrected chi connectivity index (χ3v) is 2.32. The van der Waals surface area contributed by atoms with Crippen molar-refractivity contribution in [3.05, 3.63) is 12.7 Å². The first-order valence-corrected chi connectivity index (χ1v) is 4.99. The molecule has 1 aliphatic rings. The number of nitrogens with one attached hydrogen (secondary N) is 1. The molecule has 0 radical (unpaired) electrons. The summed E-state index contributed by atoms with van der Waals surface area (Å²) in [5.41, 5.74) is 0. The number of nitrogens with zero attached hydrogens (tertiary/aromatic N) is 1. The zero-order valence-corrected chi connectivity index (χ0v) is 8.61. The second-order valence-corrected chi connectivity index (χ2v) is 3.46. The lowest BCUT2D eigenvalue weighted by atomic mass is 10.2. The fraction of sp³-hybridized carbons (Fsp3) is 0.600. The molecule has 1 saturated heterocycles. The van der Waals surface area contributed by atoms with E-state index in [9.17, 15) is 9.59 Å². The highest BCUT2D eigenvalue weighted by Crippen LogP contribution is 2.09. The van der Waals surface area contributed by atoms with Crippen molar-refractivity contribution >= 4 is 11.8 Å². The van der Waals surface area contributed by atoms with Crippen LogP contribution in [0.5, 0.6) is 0 Å². The molecule has 0 bridgehead atoms. The number of carbonyl (C=O) groups excluding carboxylic acids is 2. The molecule has 1 aliphatic heterocycles. The Morgan fingerprint density at radius 2 is 2.47 bits per heavy atom. The second kappa shape index (κ2) is 5.50. The molecule has 0 saturated carbocycles. The van der Waals surface area contributed by atoms with Gasteiger partial charge >= 0.3 is 0 Å². The second-order valence-electron chi connectivity index (χ2n) is 3.46. The van der Waals surface area contributed by atoms with E-state index in [0.717, 1.165) is 0 Å². The molecule has 15 heavy (non-hydrogen) atoms. The minimum atomic E-state index is -0.427. The van der Waals surface area contributed by atoms with Gasteiger partial charge < -0.3 is 15.3 Å². The molecule has 0 aliphatic carbocycles. The molecule has 1 rings (SSSR count). The van der Waals surface area contributed by atoms with Gasteiger partial charge in [0.05, 0.1) is 6.61 Å². The van der Waals surface area contributed by atoms with Crippen LogP contribution in [0.3, 0.4) is 0 Å².